The largest absolute Gasteiger partial charge is 0.497 e. The van der Waals surface area contributed by atoms with E-state index in [1.165, 1.54) is 19.3 Å². The first-order valence-electron chi connectivity index (χ1n) is 6.52. The molecule has 1 N–H and O–H groups in total. The number of H-pyrrole nitrogens is 1. The Morgan fingerprint density at radius 1 is 1.26 bits per heavy atom. The molecular formula is C14H19N2OS2+. The third-order valence-corrected chi connectivity index (χ3v) is 4.17. The Morgan fingerprint density at radius 3 is 2.63 bits per heavy atom. The molecule has 2 aromatic rings. The molecule has 0 aliphatic heterocycles. The zero-order valence-corrected chi connectivity index (χ0v) is 12.9. The molecule has 0 aliphatic carbocycles. The molecule has 5 heteroatoms. The monoisotopic (exact) mass is 295 g/mol. The topological polar surface area (TPSA) is 28.9 Å². The number of aromatic nitrogens is 2. The minimum Gasteiger partial charge on any atom is -0.497 e. The molecule has 1 aromatic heterocycles. The van der Waals surface area contributed by atoms with Gasteiger partial charge in [0.05, 0.1) is 12.7 Å². The molecule has 0 bridgehead atoms. The van der Waals surface area contributed by atoms with Gasteiger partial charge in [-0.25, -0.2) is 4.98 Å². The number of benzene rings is 1. The lowest BCUT2D eigenvalue weighted by molar-refractivity contribution is -0.620. The van der Waals surface area contributed by atoms with Crippen LogP contribution in [-0.4, -0.2) is 12.1 Å². The standard InChI is InChI=1S/C14H18N2OS2/c1-3-4-5-10-16-13(15-14(18)19-16)11-6-8-12(17-2)9-7-11/h6-9H,3-5,10H2,1-2H3/p+1. The van der Waals surface area contributed by atoms with Gasteiger partial charge in [-0.1, -0.05) is 13.3 Å². The number of hydrogen-bond acceptors (Lipinski definition) is 3. The quantitative estimate of drug-likeness (QED) is 0.496. The van der Waals surface area contributed by atoms with Crippen molar-refractivity contribution in [2.75, 3.05) is 7.11 Å². The number of hydrogen-bond donors (Lipinski definition) is 1. The highest BCUT2D eigenvalue weighted by Crippen LogP contribution is 2.19. The smallest absolute Gasteiger partial charge is 0.299 e. The predicted octanol–water partition coefficient (Wildman–Crippen LogP) is 3.96. The van der Waals surface area contributed by atoms with Crippen molar-refractivity contribution in [2.24, 2.45) is 0 Å². The van der Waals surface area contributed by atoms with Gasteiger partial charge in [0.25, 0.3) is 9.78 Å². The number of nitrogens with zero attached hydrogens (tertiary/aromatic N) is 1. The molecule has 1 aromatic carbocycles. The van der Waals surface area contributed by atoms with Crippen LogP contribution in [0.5, 0.6) is 5.75 Å². The molecule has 0 saturated carbocycles. The molecule has 1 heterocycles. The highest BCUT2D eigenvalue weighted by atomic mass is 32.2. The van der Waals surface area contributed by atoms with Crippen LogP contribution in [0.15, 0.2) is 24.3 Å². The van der Waals surface area contributed by atoms with Crippen molar-refractivity contribution in [2.45, 2.75) is 32.7 Å². The number of rotatable bonds is 6. The Bertz CT molecular complexity index is 572. The van der Waals surface area contributed by atoms with E-state index in [2.05, 4.69) is 28.0 Å². The first-order valence-corrected chi connectivity index (χ1v) is 7.70. The van der Waals surface area contributed by atoms with Gasteiger partial charge in [0, 0.05) is 0 Å². The van der Waals surface area contributed by atoms with Gasteiger partial charge in [-0.3, -0.25) is 0 Å². The Morgan fingerprint density at radius 2 is 2.00 bits per heavy atom. The molecular weight excluding hydrogens is 276 g/mol. The van der Waals surface area contributed by atoms with Crippen LogP contribution in [0.2, 0.25) is 0 Å². The van der Waals surface area contributed by atoms with E-state index in [1.807, 2.05) is 12.1 Å². The summed E-state index contributed by atoms with van der Waals surface area (Å²) in [6.45, 7) is 3.24. The van der Waals surface area contributed by atoms with Crippen molar-refractivity contribution in [1.29, 1.82) is 0 Å². The van der Waals surface area contributed by atoms with E-state index in [9.17, 15) is 0 Å². The normalized spacial score (nSPS) is 10.6. The number of methoxy groups -OCH3 is 1. The molecule has 0 aliphatic rings. The lowest BCUT2D eigenvalue weighted by Gasteiger charge is -2.01. The summed E-state index contributed by atoms with van der Waals surface area (Å²) >= 11 is 6.88. The summed E-state index contributed by atoms with van der Waals surface area (Å²) in [5.41, 5.74) is 1.14. The van der Waals surface area contributed by atoms with Gasteiger partial charge in [-0.2, -0.15) is 3.96 Å². The first kappa shape index (κ1) is 14.2. The molecule has 0 spiro atoms. The maximum Gasteiger partial charge on any atom is 0.299 e. The maximum atomic E-state index is 5.27. The van der Waals surface area contributed by atoms with Gasteiger partial charge < -0.3 is 4.74 Å². The van der Waals surface area contributed by atoms with Gasteiger partial charge in [-0.05, 0) is 49.3 Å². The zero-order valence-electron chi connectivity index (χ0n) is 11.3. The summed E-state index contributed by atoms with van der Waals surface area (Å²) in [6.07, 6.45) is 3.67. The molecule has 0 amide bonds. The molecule has 3 nitrogen and oxygen atoms in total. The minimum atomic E-state index is 0.822. The maximum absolute atomic E-state index is 5.27. The Labute approximate surface area is 123 Å². The van der Waals surface area contributed by atoms with Crippen LogP contribution in [0, 0.1) is 3.95 Å². The fourth-order valence-corrected chi connectivity index (χ4v) is 3.13. The van der Waals surface area contributed by atoms with Crippen LogP contribution >= 0.6 is 23.8 Å². The van der Waals surface area contributed by atoms with Crippen LogP contribution in [0.25, 0.3) is 11.4 Å². The average molecular weight is 295 g/mol. The number of ether oxygens (including phenoxy) is 1. The average Bonchev–Trinajstić information content (AvgIpc) is 2.80. The third kappa shape index (κ3) is 3.64. The fourth-order valence-electron chi connectivity index (χ4n) is 1.96. The highest BCUT2D eigenvalue weighted by Gasteiger charge is 2.15. The Kier molecular flexibility index (Phi) is 5.10. The molecule has 102 valence electrons. The van der Waals surface area contributed by atoms with E-state index in [0.717, 1.165) is 27.6 Å². The van der Waals surface area contributed by atoms with Crippen molar-refractivity contribution in [3.8, 4) is 17.1 Å². The number of unbranched alkanes of at least 4 members (excludes halogenated alkanes) is 2. The molecule has 19 heavy (non-hydrogen) atoms. The van der Waals surface area contributed by atoms with Crippen LogP contribution < -0.4 is 8.69 Å². The van der Waals surface area contributed by atoms with Crippen LogP contribution in [-0.2, 0) is 6.54 Å². The van der Waals surface area contributed by atoms with E-state index in [4.69, 9.17) is 17.0 Å². The van der Waals surface area contributed by atoms with Gasteiger partial charge >= 0.3 is 0 Å². The first-order chi connectivity index (χ1) is 9.24. The summed E-state index contributed by atoms with van der Waals surface area (Å²) in [7, 11) is 1.68. The van der Waals surface area contributed by atoms with E-state index in [1.54, 1.807) is 18.6 Å². The van der Waals surface area contributed by atoms with Crippen LogP contribution in [0.3, 0.4) is 0 Å². The van der Waals surface area contributed by atoms with E-state index in [-0.39, 0.29) is 0 Å². The van der Waals surface area contributed by atoms with E-state index >= 15 is 0 Å². The second-order valence-corrected chi connectivity index (χ2v) is 6.09. The number of nitrogens with one attached hydrogen (secondary N) is 1. The minimum absolute atomic E-state index is 0.822. The lowest BCUT2D eigenvalue weighted by Crippen LogP contribution is -2.31. The summed E-state index contributed by atoms with van der Waals surface area (Å²) in [4.78, 5) is 3.28. The Balaban J connectivity index is 2.24. The molecule has 2 rings (SSSR count). The number of aryl methyl sites for hydroxylation is 1. The van der Waals surface area contributed by atoms with Gasteiger partial charge in [0.15, 0.2) is 0 Å². The summed E-state index contributed by atoms with van der Waals surface area (Å²) < 4.78 is 8.26. The molecule has 0 radical (unpaired) electrons. The third-order valence-electron chi connectivity index (χ3n) is 2.99. The van der Waals surface area contributed by atoms with Crippen LogP contribution in [0.4, 0.5) is 0 Å². The van der Waals surface area contributed by atoms with Crippen molar-refractivity contribution < 1.29 is 8.69 Å². The number of aromatic amines is 1. The molecule has 0 unspecified atom stereocenters. The van der Waals surface area contributed by atoms with Crippen molar-refractivity contribution in [1.82, 2.24) is 4.98 Å². The van der Waals surface area contributed by atoms with Gasteiger partial charge in [-0.15, -0.1) is 0 Å². The Hall–Kier alpha value is -1.20. The van der Waals surface area contributed by atoms with Crippen molar-refractivity contribution >= 4 is 23.8 Å². The van der Waals surface area contributed by atoms with Crippen molar-refractivity contribution in [3.05, 3.63) is 28.2 Å². The summed E-state index contributed by atoms with van der Waals surface area (Å²) in [6, 6.07) is 8.06. The van der Waals surface area contributed by atoms with E-state index in [0.29, 0.717) is 0 Å². The van der Waals surface area contributed by atoms with Gasteiger partial charge in [0.2, 0.25) is 0 Å². The molecule has 0 atom stereocenters. The van der Waals surface area contributed by atoms with Crippen LogP contribution in [0.1, 0.15) is 26.2 Å². The summed E-state index contributed by atoms with van der Waals surface area (Å²) in [5.74, 6) is 1.96. The fraction of sp³-hybridized carbons (Fsp3) is 0.429. The molecule has 0 saturated heterocycles. The van der Waals surface area contributed by atoms with E-state index < -0.39 is 0 Å². The highest BCUT2D eigenvalue weighted by molar-refractivity contribution is 7.73. The van der Waals surface area contributed by atoms with Crippen molar-refractivity contribution in [3.63, 3.8) is 0 Å². The SMILES string of the molecule is CCCCC[n+]1sc(=S)[nH]c1-c1ccc(OC)cc1. The van der Waals surface area contributed by atoms with Gasteiger partial charge in [0.1, 0.15) is 23.8 Å². The molecule has 0 fully saturated rings. The second-order valence-electron chi connectivity index (χ2n) is 4.39. The second kappa shape index (κ2) is 6.82. The zero-order chi connectivity index (χ0) is 13.7. The summed E-state index contributed by atoms with van der Waals surface area (Å²) in [5, 5.41) is 0. The predicted molar refractivity (Wildman–Crippen MR) is 81.2 cm³/mol. The lowest BCUT2D eigenvalue weighted by atomic mass is 10.2.